The minimum absolute atomic E-state index is 0.242. The summed E-state index contributed by atoms with van der Waals surface area (Å²) in [5, 5.41) is 9.01. The molecule has 132 valence electrons. The Labute approximate surface area is 138 Å². The molecule has 0 bridgehead atoms. The lowest BCUT2D eigenvalue weighted by Gasteiger charge is -2.46. The molecular weight excluding hydrogens is 298 g/mol. The molecule has 1 aliphatic carbocycles. The number of esters is 1. The predicted molar refractivity (Wildman–Crippen MR) is 84.8 cm³/mol. The standard InChI is InChI=1S/C17H29NO5/c1-3-23-16(20)15-10-14-9-12(5-4-8-19)6-7-13(14)11-18(15)17(21)22-2/h12-15,19H,3-11H2,1-2H3. The molecule has 6 heteroatoms. The second kappa shape index (κ2) is 8.52. The zero-order valence-corrected chi connectivity index (χ0v) is 14.2. The van der Waals surface area contributed by atoms with E-state index < -0.39 is 12.1 Å². The summed E-state index contributed by atoms with van der Waals surface area (Å²) in [7, 11) is 1.35. The lowest BCUT2D eigenvalue weighted by atomic mass is 9.68. The Bertz CT molecular complexity index is 414. The first-order valence-electron chi connectivity index (χ1n) is 8.72. The lowest BCUT2D eigenvalue weighted by Crippen LogP contribution is -2.55. The summed E-state index contributed by atoms with van der Waals surface area (Å²) in [5.74, 6) is 1.18. The Morgan fingerprint density at radius 2 is 2.00 bits per heavy atom. The molecule has 2 rings (SSSR count). The first kappa shape index (κ1) is 18.0. The zero-order chi connectivity index (χ0) is 16.8. The first-order chi connectivity index (χ1) is 11.1. The highest BCUT2D eigenvalue weighted by Crippen LogP contribution is 2.42. The molecule has 0 radical (unpaired) electrons. The van der Waals surface area contributed by atoms with Crippen LogP contribution in [0.5, 0.6) is 0 Å². The van der Waals surface area contributed by atoms with Crippen molar-refractivity contribution >= 4 is 12.1 Å². The van der Waals surface area contributed by atoms with Crippen LogP contribution in [0.1, 0.15) is 45.4 Å². The normalized spacial score (nSPS) is 30.5. The maximum atomic E-state index is 12.3. The number of aliphatic hydroxyl groups is 1. The molecule has 6 nitrogen and oxygen atoms in total. The highest BCUT2D eigenvalue weighted by atomic mass is 16.6. The van der Waals surface area contributed by atoms with E-state index in [1.165, 1.54) is 7.11 Å². The summed E-state index contributed by atoms with van der Waals surface area (Å²) in [5.41, 5.74) is 0. The Morgan fingerprint density at radius 3 is 2.65 bits per heavy atom. The first-order valence-corrected chi connectivity index (χ1v) is 8.72. The average molecular weight is 327 g/mol. The maximum Gasteiger partial charge on any atom is 0.410 e. The molecular formula is C17H29NO5. The van der Waals surface area contributed by atoms with Crippen molar-refractivity contribution in [3.63, 3.8) is 0 Å². The molecule has 1 saturated carbocycles. The van der Waals surface area contributed by atoms with Crippen LogP contribution in [0.25, 0.3) is 0 Å². The number of carbonyl (C=O) groups excluding carboxylic acids is 2. The topological polar surface area (TPSA) is 76.1 Å². The number of methoxy groups -OCH3 is 1. The van der Waals surface area contributed by atoms with Gasteiger partial charge in [0.2, 0.25) is 0 Å². The Morgan fingerprint density at radius 1 is 1.22 bits per heavy atom. The summed E-state index contributed by atoms with van der Waals surface area (Å²) < 4.78 is 10.0. The number of hydrogen-bond donors (Lipinski definition) is 1. The summed E-state index contributed by atoms with van der Waals surface area (Å²) in [6, 6.07) is -0.528. The third-order valence-electron chi connectivity index (χ3n) is 5.32. The van der Waals surface area contributed by atoms with Gasteiger partial charge in [-0.05, 0) is 56.8 Å². The highest BCUT2D eigenvalue weighted by molar-refractivity contribution is 5.81. The van der Waals surface area contributed by atoms with Crippen LogP contribution in [0, 0.1) is 17.8 Å². The fraction of sp³-hybridized carbons (Fsp3) is 0.882. The van der Waals surface area contributed by atoms with Gasteiger partial charge in [-0.25, -0.2) is 9.59 Å². The van der Waals surface area contributed by atoms with Crippen molar-refractivity contribution in [1.29, 1.82) is 0 Å². The van der Waals surface area contributed by atoms with Gasteiger partial charge in [0.1, 0.15) is 6.04 Å². The number of aliphatic hydroxyl groups excluding tert-OH is 1. The van der Waals surface area contributed by atoms with Gasteiger partial charge in [0, 0.05) is 13.2 Å². The van der Waals surface area contributed by atoms with E-state index in [9.17, 15) is 9.59 Å². The number of rotatable bonds is 5. The minimum Gasteiger partial charge on any atom is -0.464 e. The molecule has 1 heterocycles. The number of likely N-dealkylation sites (tertiary alicyclic amines) is 1. The number of hydrogen-bond acceptors (Lipinski definition) is 5. The number of carbonyl (C=O) groups is 2. The summed E-state index contributed by atoms with van der Waals surface area (Å²) in [6.07, 6.45) is 5.40. The summed E-state index contributed by atoms with van der Waals surface area (Å²) in [6.45, 7) is 2.91. The van der Waals surface area contributed by atoms with Crippen LogP contribution in [0.4, 0.5) is 4.79 Å². The van der Waals surface area contributed by atoms with Crippen molar-refractivity contribution in [2.24, 2.45) is 17.8 Å². The van der Waals surface area contributed by atoms with Gasteiger partial charge in [-0.3, -0.25) is 4.90 Å². The van der Waals surface area contributed by atoms with E-state index in [1.807, 2.05) is 0 Å². The number of fused-ring (bicyclic) bond motifs is 1. The largest absolute Gasteiger partial charge is 0.464 e. The number of amides is 1. The van der Waals surface area contributed by atoms with E-state index in [0.717, 1.165) is 32.1 Å². The average Bonchev–Trinajstić information content (AvgIpc) is 2.58. The van der Waals surface area contributed by atoms with Gasteiger partial charge in [0.05, 0.1) is 13.7 Å². The van der Waals surface area contributed by atoms with Crippen molar-refractivity contribution in [2.75, 3.05) is 26.9 Å². The van der Waals surface area contributed by atoms with Gasteiger partial charge in [-0.2, -0.15) is 0 Å². The monoisotopic (exact) mass is 327 g/mol. The van der Waals surface area contributed by atoms with Crippen LogP contribution in [0.15, 0.2) is 0 Å². The van der Waals surface area contributed by atoms with E-state index in [4.69, 9.17) is 14.6 Å². The van der Waals surface area contributed by atoms with Gasteiger partial charge in [-0.15, -0.1) is 0 Å². The fourth-order valence-corrected chi connectivity index (χ4v) is 4.17. The molecule has 23 heavy (non-hydrogen) atoms. The van der Waals surface area contributed by atoms with Crippen molar-refractivity contribution in [3.05, 3.63) is 0 Å². The summed E-state index contributed by atoms with van der Waals surface area (Å²) >= 11 is 0. The molecule has 1 N–H and O–H groups in total. The van der Waals surface area contributed by atoms with Gasteiger partial charge in [-0.1, -0.05) is 6.42 Å². The quantitative estimate of drug-likeness (QED) is 0.783. The molecule has 1 aliphatic heterocycles. The molecule has 2 aliphatic rings. The molecule has 0 spiro atoms. The third-order valence-corrected chi connectivity index (χ3v) is 5.32. The number of piperidine rings is 1. The molecule has 2 fully saturated rings. The van der Waals surface area contributed by atoms with E-state index >= 15 is 0 Å². The van der Waals surface area contributed by atoms with E-state index in [-0.39, 0.29) is 12.6 Å². The number of ether oxygens (including phenoxy) is 2. The second-order valence-electron chi connectivity index (χ2n) is 6.69. The van der Waals surface area contributed by atoms with Crippen LogP contribution in [-0.2, 0) is 14.3 Å². The van der Waals surface area contributed by atoms with Crippen molar-refractivity contribution in [3.8, 4) is 0 Å². The van der Waals surface area contributed by atoms with E-state index in [2.05, 4.69) is 0 Å². The Kier molecular flexibility index (Phi) is 6.69. The summed E-state index contributed by atoms with van der Waals surface area (Å²) in [4.78, 5) is 25.8. The fourth-order valence-electron chi connectivity index (χ4n) is 4.17. The SMILES string of the molecule is CCOC(=O)C1CC2CC(CCCO)CCC2CN1C(=O)OC. The zero-order valence-electron chi connectivity index (χ0n) is 14.2. The molecule has 0 aromatic rings. The van der Waals surface area contributed by atoms with E-state index in [1.54, 1.807) is 11.8 Å². The third kappa shape index (κ3) is 4.37. The van der Waals surface area contributed by atoms with Crippen molar-refractivity contribution in [1.82, 2.24) is 4.90 Å². The smallest absolute Gasteiger partial charge is 0.410 e. The van der Waals surface area contributed by atoms with Crippen LogP contribution < -0.4 is 0 Å². The van der Waals surface area contributed by atoms with Gasteiger partial charge >= 0.3 is 12.1 Å². The minimum atomic E-state index is -0.528. The second-order valence-corrected chi connectivity index (χ2v) is 6.69. The Balaban J connectivity index is 2.05. The number of nitrogens with zero attached hydrogens (tertiary/aromatic N) is 1. The molecule has 0 aromatic heterocycles. The van der Waals surface area contributed by atoms with Crippen LogP contribution >= 0.6 is 0 Å². The van der Waals surface area contributed by atoms with Crippen molar-refractivity contribution in [2.45, 2.75) is 51.5 Å². The van der Waals surface area contributed by atoms with Gasteiger partial charge in [0.25, 0.3) is 0 Å². The van der Waals surface area contributed by atoms with Crippen LogP contribution in [-0.4, -0.2) is 55.0 Å². The highest BCUT2D eigenvalue weighted by Gasteiger charge is 2.44. The van der Waals surface area contributed by atoms with Crippen LogP contribution in [0.3, 0.4) is 0 Å². The maximum absolute atomic E-state index is 12.3. The Hall–Kier alpha value is -1.30. The van der Waals surface area contributed by atoms with E-state index in [0.29, 0.717) is 37.3 Å². The van der Waals surface area contributed by atoms with Crippen LogP contribution in [0.2, 0.25) is 0 Å². The lowest BCUT2D eigenvalue weighted by molar-refractivity contribution is -0.152. The van der Waals surface area contributed by atoms with Crippen molar-refractivity contribution < 1.29 is 24.2 Å². The van der Waals surface area contributed by atoms with Gasteiger partial charge < -0.3 is 14.6 Å². The molecule has 1 saturated heterocycles. The molecule has 1 amide bonds. The molecule has 4 unspecified atom stereocenters. The van der Waals surface area contributed by atoms with Gasteiger partial charge in [0.15, 0.2) is 0 Å². The molecule has 4 atom stereocenters. The molecule has 0 aromatic carbocycles. The predicted octanol–water partition coefficient (Wildman–Crippen LogP) is 2.20.